The van der Waals surface area contributed by atoms with Gasteiger partial charge in [-0.1, -0.05) is 18.2 Å². The first-order chi connectivity index (χ1) is 27.0. The van der Waals surface area contributed by atoms with Crippen molar-refractivity contribution in [1.82, 2.24) is 19.7 Å². The van der Waals surface area contributed by atoms with Crippen LogP contribution in [0, 0.1) is 11.3 Å². The molecule has 57 heavy (non-hydrogen) atoms. The summed E-state index contributed by atoms with van der Waals surface area (Å²) < 4.78 is 66.4. The molecule has 0 saturated carbocycles. The fraction of sp³-hybridized carbons (Fsp3) is 0.528. The number of nitrogens with one attached hydrogen (secondary N) is 2. The number of amides is 1. The van der Waals surface area contributed by atoms with E-state index in [-0.39, 0.29) is 22.8 Å². The van der Waals surface area contributed by atoms with E-state index in [1.54, 1.807) is 32.0 Å². The van der Waals surface area contributed by atoms with Crippen molar-refractivity contribution in [3.05, 3.63) is 54.5 Å². The molecule has 21 heteroatoms. The zero-order valence-corrected chi connectivity index (χ0v) is 33.8. The fourth-order valence-corrected chi connectivity index (χ4v) is 6.81. The van der Waals surface area contributed by atoms with Crippen molar-refractivity contribution in [2.45, 2.75) is 95.9 Å². The number of aromatic nitrogens is 3. The molecule has 0 radical (unpaired) electrons. The van der Waals surface area contributed by atoms with Gasteiger partial charge in [-0.25, -0.2) is 23.7 Å². The van der Waals surface area contributed by atoms with E-state index in [0.29, 0.717) is 0 Å². The quantitative estimate of drug-likeness (QED) is 0.100. The first-order valence-corrected chi connectivity index (χ1v) is 19.3. The number of esters is 3. The molecule has 3 aromatic rings. The molecule has 20 nitrogen and oxygen atoms in total. The monoisotopic (exact) mass is 818 g/mol. The van der Waals surface area contributed by atoms with Crippen LogP contribution in [0.2, 0.25) is 0 Å². The van der Waals surface area contributed by atoms with Crippen molar-refractivity contribution < 1.29 is 65.9 Å². The van der Waals surface area contributed by atoms with Gasteiger partial charge in [-0.2, -0.15) is 15.4 Å². The number of hydrogen-bond donors (Lipinski definition) is 2. The maximum Gasteiger partial charge on any atom is 0.459 e. The van der Waals surface area contributed by atoms with Gasteiger partial charge in [-0.05, 0) is 65.8 Å². The number of fused-ring (bicyclic) bond motifs is 1. The maximum atomic E-state index is 14.5. The van der Waals surface area contributed by atoms with Crippen molar-refractivity contribution >= 4 is 42.9 Å². The largest absolute Gasteiger partial charge is 0.462 e. The minimum atomic E-state index is -4.66. The summed E-state index contributed by atoms with van der Waals surface area (Å²) in [5, 5.41) is 20.4. The molecule has 0 spiro atoms. The number of carbonyl (C=O) groups is 4. The highest BCUT2D eigenvalue weighted by atomic mass is 31.2. The number of ether oxygens (including phenoxy) is 7. The second kappa shape index (κ2) is 19.4. The zero-order valence-electron chi connectivity index (χ0n) is 32.9. The molecule has 4 rings (SSSR count). The Kier molecular flexibility index (Phi) is 15.2. The van der Waals surface area contributed by atoms with Gasteiger partial charge >= 0.3 is 25.7 Å². The summed E-state index contributed by atoms with van der Waals surface area (Å²) in [6.45, 7) is 8.00. The highest BCUT2D eigenvalue weighted by molar-refractivity contribution is 7.52. The number of rotatable bonds is 19. The highest BCUT2D eigenvalue weighted by Gasteiger charge is 2.62. The van der Waals surface area contributed by atoms with E-state index in [2.05, 4.69) is 20.5 Å². The molecule has 9 atom stereocenters. The molecule has 1 amide bonds. The highest BCUT2D eigenvalue weighted by Crippen LogP contribution is 2.50. The second-order valence-electron chi connectivity index (χ2n) is 13.1. The van der Waals surface area contributed by atoms with E-state index in [9.17, 15) is 29.0 Å². The normalized spacial score (nSPS) is 22.4. The van der Waals surface area contributed by atoms with Crippen molar-refractivity contribution in [3.63, 3.8) is 0 Å². The minimum Gasteiger partial charge on any atom is -0.462 e. The van der Waals surface area contributed by atoms with Gasteiger partial charge in [0.15, 0.2) is 30.2 Å². The van der Waals surface area contributed by atoms with E-state index in [0.717, 1.165) is 6.33 Å². The molecular formula is C36H47N6O14P. The number of nitrogens with zero attached hydrogens (tertiary/aromatic N) is 4. The SMILES string of the molecule is COC(C)C(=O)O[C@H]1[C@H](c2ccc3c(NC(=O)[C@@H](C)OC)ncnn23)O[C@](C#N)(CO[P@@](=O)(N[C@@H](C)C(=O)OC(C)C)Oc2ccccc2)[C@H]1OC(=O)C(C)OC. The van der Waals surface area contributed by atoms with Gasteiger partial charge in [-0.15, -0.1) is 0 Å². The Hall–Kier alpha value is -5.00. The third-order valence-corrected chi connectivity index (χ3v) is 10.3. The van der Waals surface area contributed by atoms with E-state index < -0.39 is 92.5 Å². The van der Waals surface area contributed by atoms with Gasteiger partial charge in [0.25, 0.3) is 5.91 Å². The Morgan fingerprint density at radius 2 is 1.54 bits per heavy atom. The van der Waals surface area contributed by atoms with Gasteiger partial charge < -0.3 is 43.0 Å². The summed E-state index contributed by atoms with van der Waals surface area (Å²) in [6.07, 6.45) is -7.44. The van der Waals surface area contributed by atoms with Gasteiger partial charge in [0.2, 0.25) is 5.60 Å². The summed E-state index contributed by atoms with van der Waals surface area (Å²) in [6, 6.07) is 11.6. The number of para-hydroxylation sites is 1. The third kappa shape index (κ3) is 10.7. The third-order valence-electron chi connectivity index (χ3n) is 8.66. The zero-order chi connectivity index (χ0) is 42.1. The smallest absolute Gasteiger partial charge is 0.459 e. The second-order valence-corrected chi connectivity index (χ2v) is 14.8. The van der Waals surface area contributed by atoms with Gasteiger partial charge in [-0.3, -0.25) is 14.1 Å². The predicted molar refractivity (Wildman–Crippen MR) is 197 cm³/mol. The van der Waals surface area contributed by atoms with E-state index in [1.165, 1.54) is 77.8 Å². The number of hydrogen-bond acceptors (Lipinski definition) is 17. The van der Waals surface area contributed by atoms with Crippen LogP contribution in [-0.2, 0) is 61.4 Å². The molecular weight excluding hydrogens is 771 g/mol. The lowest BCUT2D eigenvalue weighted by Gasteiger charge is -2.31. The number of nitriles is 1. The minimum absolute atomic E-state index is 0.0633. The van der Waals surface area contributed by atoms with Crippen molar-refractivity contribution in [3.8, 4) is 11.8 Å². The molecule has 2 aromatic heterocycles. The van der Waals surface area contributed by atoms with Crippen LogP contribution in [0.25, 0.3) is 5.52 Å². The van der Waals surface area contributed by atoms with Crippen LogP contribution in [0.5, 0.6) is 5.75 Å². The Morgan fingerprint density at radius 1 is 0.912 bits per heavy atom. The summed E-state index contributed by atoms with van der Waals surface area (Å²) in [4.78, 5) is 56.5. The van der Waals surface area contributed by atoms with Gasteiger partial charge in [0.05, 0.1) is 11.8 Å². The van der Waals surface area contributed by atoms with Crippen LogP contribution < -0.4 is 14.9 Å². The molecule has 1 saturated heterocycles. The maximum absolute atomic E-state index is 14.5. The van der Waals surface area contributed by atoms with Crippen molar-refractivity contribution in [2.24, 2.45) is 0 Å². The van der Waals surface area contributed by atoms with Crippen LogP contribution in [0.3, 0.4) is 0 Å². The van der Waals surface area contributed by atoms with E-state index in [1.807, 2.05) is 6.07 Å². The molecule has 3 heterocycles. The number of carbonyl (C=O) groups excluding carboxylic acids is 4. The van der Waals surface area contributed by atoms with Crippen molar-refractivity contribution in [1.29, 1.82) is 5.26 Å². The van der Waals surface area contributed by atoms with Crippen LogP contribution in [0.4, 0.5) is 5.82 Å². The van der Waals surface area contributed by atoms with Crippen molar-refractivity contribution in [2.75, 3.05) is 33.3 Å². The molecule has 1 aliphatic rings. The average molecular weight is 819 g/mol. The summed E-state index contributed by atoms with van der Waals surface area (Å²) >= 11 is 0. The molecule has 1 fully saturated rings. The number of benzene rings is 1. The predicted octanol–water partition coefficient (Wildman–Crippen LogP) is 3.06. The van der Waals surface area contributed by atoms with E-state index >= 15 is 0 Å². The Balaban J connectivity index is 1.85. The fourth-order valence-electron chi connectivity index (χ4n) is 5.29. The Labute approximate surface area is 328 Å². The molecule has 0 aliphatic carbocycles. The van der Waals surface area contributed by atoms with Crippen LogP contribution in [-0.4, -0.2) is 115 Å². The lowest BCUT2D eigenvalue weighted by atomic mass is 9.95. The average Bonchev–Trinajstić information content (AvgIpc) is 3.75. The molecule has 310 valence electrons. The van der Waals surface area contributed by atoms with Crippen LogP contribution in [0.1, 0.15) is 53.3 Å². The Morgan fingerprint density at radius 3 is 2.14 bits per heavy atom. The lowest BCUT2D eigenvalue weighted by Crippen LogP contribution is -2.51. The first kappa shape index (κ1) is 44.7. The molecule has 2 N–H and O–H groups in total. The molecule has 2 unspecified atom stereocenters. The number of methoxy groups -OCH3 is 3. The topological polar surface area (TPSA) is 246 Å². The summed E-state index contributed by atoms with van der Waals surface area (Å²) in [5.74, 6) is -3.08. The Bertz CT molecular complexity index is 1970. The molecule has 1 aromatic carbocycles. The van der Waals surface area contributed by atoms with Gasteiger partial charge in [0, 0.05) is 21.3 Å². The van der Waals surface area contributed by atoms with Crippen LogP contribution in [0.15, 0.2) is 48.8 Å². The van der Waals surface area contributed by atoms with Gasteiger partial charge in [0.1, 0.15) is 48.5 Å². The first-order valence-electron chi connectivity index (χ1n) is 17.7. The summed E-state index contributed by atoms with van der Waals surface area (Å²) in [7, 11) is -0.769. The molecule has 0 bridgehead atoms. The molecule has 1 aliphatic heterocycles. The van der Waals surface area contributed by atoms with E-state index in [4.69, 9.17) is 42.2 Å². The number of anilines is 1. The standard InChI is InChI=1S/C36H47N6O14P/c1-20(2)52-33(44)21(3)41-57(47,56-25-13-11-10-12-14-25)51-18-36(17-37)30(54-35(46)24(6)50-9)29(53-34(45)23(5)49-8)28(55-36)26-15-16-27-31(38-19-39-42(26)27)40-32(43)22(4)48-7/h10-16,19-24,28-30H,18H2,1-9H3,(H,41,47)(H,38,39,40,43)/t21-,22+,23?,24?,28-,29-,30-,36+,57-/m0/s1. The summed E-state index contributed by atoms with van der Waals surface area (Å²) in [5.41, 5.74) is -2.03. The lowest BCUT2D eigenvalue weighted by molar-refractivity contribution is -0.180. The van der Waals surface area contributed by atoms with Crippen LogP contribution >= 0.6 is 7.75 Å².